The molecule has 0 aromatic heterocycles. The number of hydrogen-bond acceptors (Lipinski definition) is 2. The van der Waals surface area contributed by atoms with E-state index in [9.17, 15) is 4.79 Å². The summed E-state index contributed by atoms with van der Waals surface area (Å²) in [5.41, 5.74) is 0. The third kappa shape index (κ3) is 3.21. The first-order chi connectivity index (χ1) is 7.88. The van der Waals surface area contributed by atoms with Gasteiger partial charge in [0.25, 0.3) is 0 Å². The SMILES string of the molecule is O=C(C1CCCCN1)N1CCCCCCC1. The molecule has 3 heteroatoms. The molecule has 2 rings (SSSR count). The number of hydrogen-bond donors (Lipinski definition) is 1. The van der Waals surface area contributed by atoms with Gasteiger partial charge in [-0.05, 0) is 32.2 Å². The second-order valence-corrected chi connectivity index (χ2v) is 5.10. The highest BCUT2D eigenvalue weighted by molar-refractivity contribution is 5.82. The first kappa shape index (κ1) is 11.9. The predicted octanol–water partition coefficient (Wildman–Crippen LogP) is 1.92. The van der Waals surface area contributed by atoms with Gasteiger partial charge in [0.15, 0.2) is 0 Å². The van der Waals surface area contributed by atoms with Crippen molar-refractivity contribution in [2.45, 2.75) is 57.4 Å². The van der Waals surface area contributed by atoms with Gasteiger partial charge in [-0.1, -0.05) is 25.7 Å². The van der Waals surface area contributed by atoms with Crippen molar-refractivity contribution in [3.8, 4) is 0 Å². The summed E-state index contributed by atoms with van der Waals surface area (Å²) in [6, 6.07) is 0.119. The number of likely N-dealkylation sites (tertiary alicyclic amines) is 1. The first-order valence-corrected chi connectivity index (χ1v) is 6.90. The molecule has 92 valence electrons. The Balaban J connectivity index is 1.85. The summed E-state index contributed by atoms with van der Waals surface area (Å²) in [5.74, 6) is 0.363. The topological polar surface area (TPSA) is 32.3 Å². The molecule has 1 N–H and O–H groups in total. The number of nitrogens with one attached hydrogen (secondary N) is 1. The third-order valence-electron chi connectivity index (χ3n) is 3.78. The Morgan fingerprint density at radius 2 is 1.62 bits per heavy atom. The Bertz CT molecular complexity index is 216. The van der Waals surface area contributed by atoms with Gasteiger partial charge in [-0.15, -0.1) is 0 Å². The monoisotopic (exact) mass is 224 g/mol. The quantitative estimate of drug-likeness (QED) is 0.738. The molecule has 0 aromatic rings. The summed E-state index contributed by atoms with van der Waals surface area (Å²) in [6.45, 7) is 2.98. The second kappa shape index (κ2) is 6.24. The molecule has 0 spiro atoms. The van der Waals surface area contributed by atoms with Gasteiger partial charge in [0.2, 0.25) is 5.91 Å². The predicted molar refractivity (Wildman–Crippen MR) is 65.3 cm³/mol. The van der Waals surface area contributed by atoms with Gasteiger partial charge >= 0.3 is 0 Å². The van der Waals surface area contributed by atoms with Gasteiger partial charge in [0.05, 0.1) is 6.04 Å². The zero-order valence-electron chi connectivity index (χ0n) is 10.2. The summed E-state index contributed by atoms with van der Waals surface area (Å²) >= 11 is 0. The number of amides is 1. The number of carbonyl (C=O) groups is 1. The smallest absolute Gasteiger partial charge is 0.239 e. The van der Waals surface area contributed by atoms with Crippen molar-refractivity contribution in [2.24, 2.45) is 0 Å². The molecule has 3 nitrogen and oxygen atoms in total. The second-order valence-electron chi connectivity index (χ2n) is 5.10. The van der Waals surface area contributed by atoms with Crippen molar-refractivity contribution >= 4 is 5.91 Å². The minimum absolute atomic E-state index is 0.119. The number of piperidine rings is 1. The fraction of sp³-hybridized carbons (Fsp3) is 0.923. The van der Waals surface area contributed by atoms with Crippen LogP contribution in [-0.4, -0.2) is 36.5 Å². The Morgan fingerprint density at radius 3 is 2.25 bits per heavy atom. The van der Waals surface area contributed by atoms with Crippen LogP contribution in [0.5, 0.6) is 0 Å². The van der Waals surface area contributed by atoms with Gasteiger partial charge in [-0.25, -0.2) is 0 Å². The maximum absolute atomic E-state index is 12.3. The summed E-state index contributed by atoms with van der Waals surface area (Å²) in [6.07, 6.45) is 9.79. The molecule has 0 aliphatic carbocycles. The maximum atomic E-state index is 12.3. The minimum Gasteiger partial charge on any atom is -0.341 e. The van der Waals surface area contributed by atoms with Gasteiger partial charge in [0.1, 0.15) is 0 Å². The normalized spacial score (nSPS) is 28.2. The summed E-state index contributed by atoms with van der Waals surface area (Å²) in [7, 11) is 0. The van der Waals surface area contributed by atoms with Gasteiger partial charge in [-0.3, -0.25) is 4.79 Å². The van der Waals surface area contributed by atoms with Crippen LogP contribution in [0.3, 0.4) is 0 Å². The molecular weight excluding hydrogens is 200 g/mol. The van der Waals surface area contributed by atoms with E-state index in [1.807, 2.05) is 0 Å². The lowest BCUT2D eigenvalue weighted by molar-refractivity contribution is -0.134. The summed E-state index contributed by atoms with van der Waals surface area (Å²) in [4.78, 5) is 14.4. The van der Waals surface area contributed by atoms with E-state index >= 15 is 0 Å². The number of rotatable bonds is 1. The molecular formula is C13H24N2O. The summed E-state index contributed by atoms with van der Waals surface area (Å²) in [5, 5.41) is 3.36. The van der Waals surface area contributed by atoms with E-state index in [4.69, 9.17) is 0 Å². The van der Waals surface area contributed by atoms with Crippen molar-refractivity contribution in [1.82, 2.24) is 10.2 Å². The summed E-state index contributed by atoms with van der Waals surface area (Å²) < 4.78 is 0. The van der Waals surface area contributed by atoms with Crippen LogP contribution in [0, 0.1) is 0 Å². The number of carbonyl (C=O) groups excluding carboxylic acids is 1. The van der Waals surface area contributed by atoms with Crippen LogP contribution in [0.2, 0.25) is 0 Å². The van der Waals surface area contributed by atoms with E-state index in [2.05, 4.69) is 10.2 Å². The fourth-order valence-corrected chi connectivity index (χ4v) is 2.75. The zero-order chi connectivity index (χ0) is 11.2. The molecule has 0 bridgehead atoms. The molecule has 16 heavy (non-hydrogen) atoms. The van der Waals surface area contributed by atoms with Gasteiger partial charge < -0.3 is 10.2 Å². The lowest BCUT2D eigenvalue weighted by Gasteiger charge is -2.31. The Hall–Kier alpha value is -0.570. The molecule has 1 amide bonds. The molecule has 2 saturated heterocycles. The fourth-order valence-electron chi connectivity index (χ4n) is 2.75. The maximum Gasteiger partial charge on any atom is 0.239 e. The Labute approximate surface area is 98.6 Å². The molecule has 2 fully saturated rings. The van der Waals surface area contributed by atoms with Crippen LogP contribution in [0.1, 0.15) is 51.4 Å². The van der Waals surface area contributed by atoms with Crippen molar-refractivity contribution < 1.29 is 4.79 Å². The minimum atomic E-state index is 0.119. The van der Waals surface area contributed by atoms with Crippen molar-refractivity contribution in [3.63, 3.8) is 0 Å². The van der Waals surface area contributed by atoms with Crippen LogP contribution in [0.15, 0.2) is 0 Å². The molecule has 1 atom stereocenters. The largest absolute Gasteiger partial charge is 0.341 e. The van der Waals surface area contributed by atoms with E-state index in [0.717, 1.165) is 26.1 Å². The molecule has 0 saturated carbocycles. The standard InChI is InChI=1S/C13H24N2O/c16-13(12-8-4-5-9-14-12)15-10-6-2-1-3-7-11-15/h12,14H,1-11H2. The van der Waals surface area contributed by atoms with Crippen molar-refractivity contribution in [1.29, 1.82) is 0 Å². The highest BCUT2D eigenvalue weighted by Crippen LogP contribution is 2.14. The lowest BCUT2D eigenvalue weighted by Crippen LogP contribution is -2.49. The van der Waals surface area contributed by atoms with E-state index in [1.165, 1.54) is 44.9 Å². The Morgan fingerprint density at radius 1 is 0.938 bits per heavy atom. The molecule has 1 unspecified atom stereocenters. The molecule has 0 aromatic carbocycles. The van der Waals surface area contributed by atoms with Crippen LogP contribution < -0.4 is 5.32 Å². The molecule has 2 heterocycles. The molecule has 2 aliphatic heterocycles. The highest BCUT2D eigenvalue weighted by atomic mass is 16.2. The first-order valence-electron chi connectivity index (χ1n) is 6.90. The van der Waals surface area contributed by atoms with Crippen LogP contribution in [0.4, 0.5) is 0 Å². The van der Waals surface area contributed by atoms with Crippen LogP contribution in [0.25, 0.3) is 0 Å². The van der Waals surface area contributed by atoms with Crippen LogP contribution >= 0.6 is 0 Å². The lowest BCUT2D eigenvalue weighted by atomic mass is 10.0. The van der Waals surface area contributed by atoms with E-state index in [1.54, 1.807) is 0 Å². The van der Waals surface area contributed by atoms with E-state index < -0.39 is 0 Å². The third-order valence-corrected chi connectivity index (χ3v) is 3.78. The van der Waals surface area contributed by atoms with Gasteiger partial charge in [0, 0.05) is 13.1 Å². The Kier molecular flexibility index (Phi) is 4.64. The zero-order valence-corrected chi connectivity index (χ0v) is 10.2. The average molecular weight is 224 g/mol. The number of nitrogens with zero attached hydrogens (tertiary/aromatic N) is 1. The molecule has 0 radical (unpaired) electrons. The van der Waals surface area contributed by atoms with Gasteiger partial charge in [-0.2, -0.15) is 0 Å². The van der Waals surface area contributed by atoms with Crippen molar-refractivity contribution in [2.75, 3.05) is 19.6 Å². The van der Waals surface area contributed by atoms with E-state index in [-0.39, 0.29) is 6.04 Å². The molecule has 2 aliphatic rings. The highest BCUT2D eigenvalue weighted by Gasteiger charge is 2.25. The van der Waals surface area contributed by atoms with Crippen LogP contribution in [-0.2, 0) is 4.79 Å². The van der Waals surface area contributed by atoms with Crippen molar-refractivity contribution in [3.05, 3.63) is 0 Å². The van der Waals surface area contributed by atoms with E-state index in [0.29, 0.717) is 5.91 Å². The average Bonchev–Trinajstić information content (AvgIpc) is 2.29.